The highest BCUT2D eigenvalue weighted by atomic mass is 16.6. The summed E-state index contributed by atoms with van der Waals surface area (Å²) in [5, 5.41) is 0. The molecule has 126 valence electrons. The highest BCUT2D eigenvalue weighted by molar-refractivity contribution is 5.67. The van der Waals surface area contributed by atoms with Crippen LogP contribution in [-0.2, 0) is 16.1 Å². The lowest BCUT2D eigenvalue weighted by atomic mass is 10.1. The van der Waals surface area contributed by atoms with Gasteiger partial charge in [0.1, 0.15) is 6.61 Å². The fourth-order valence-corrected chi connectivity index (χ4v) is 3.65. The number of carbonyl (C=O) groups excluding carboxylic acids is 1. The van der Waals surface area contributed by atoms with Gasteiger partial charge in [0.2, 0.25) is 0 Å². The molecular weight excluding hydrogens is 292 g/mol. The van der Waals surface area contributed by atoms with E-state index in [1.54, 1.807) is 7.11 Å². The normalized spacial score (nSPS) is 25.5. The lowest BCUT2D eigenvalue weighted by molar-refractivity contribution is 0.00830. The van der Waals surface area contributed by atoms with Crippen LogP contribution in [0.1, 0.15) is 24.8 Å². The number of hydrogen-bond donors (Lipinski definition) is 0. The van der Waals surface area contributed by atoms with Gasteiger partial charge in [-0.1, -0.05) is 30.3 Å². The molecule has 1 saturated carbocycles. The fourth-order valence-electron chi connectivity index (χ4n) is 3.65. The van der Waals surface area contributed by atoms with Gasteiger partial charge in [0, 0.05) is 39.3 Å². The standard InChI is InChI=1S/C18H26N2O3/c1-22-17-9-5-8-16(17)19-10-12-20(13-11-19)18(21)23-14-15-6-3-2-4-7-15/h2-4,6-7,16-17H,5,8-14H2,1H3/t16-,17-/m1/s1. The number of methoxy groups -OCH3 is 1. The van der Waals surface area contributed by atoms with E-state index < -0.39 is 0 Å². The van der Waals surface area contributed by atoms with Crippen LogP contribution >= 0.6 is 0 Å². The zero-order valence-corrected chi connectivity index (χ0v) is 13.8. The monoisotopic (exact) mass is 318 g/mol. The van der Waals surface area contributed by atoms with Gasteiger partial charge >= 0.3 is 6.09 Å². The first-order valence-corrected chi connectivity index (χ1v) is 8.50. The molecule has 2 atom stereocenters. The third-order valence-electron chi connectivity index (χ3n) is 4.97. The number of nitrogens with zero attached hydrogens (tertiary/aromatic N) is 2. The van der Waals surface area contributed by atoms with Gasteiger partial charge in [-0.15, -0.1) is 0 Å². The molecule has 1 amide bonds. The average molecular weight is 318 g/mol. The summed E-state index contributed by atoms with van der Waals surface area (Å²) in [6.07, 6.45) is 3.75. The zero-order chi connectivity index (χ0) is 16.1. The summed E-state index contributed by atoms with van der Waals surface area (Å²) in [4.78, 5) is 16.5. The Morgan fingerprint density at radius 3 is 2.57 bits per heavy atom. The topological polar surface area (TPSA) is 42.0 Å². The molecule has 23 heavy (non-hydrogen) atoms. The molecule has 5 heteroatoms. The van der Waals surface area contributed by atoms with E-state index in [1.807, 2.05) is 35.2 Å². The van der Waals surface area contributed by atoms with Crippen LogP contribution in [-0.4, -0.2) is 61.3 Å². The van der Waals surface area contributed by atoms with Gasteiger partial charge in [-0.25, -0.2) is 4.79 Å². The smallest absolute Gasteiger partial charge is 0.410 e. The highest BCUT2D eigenvalue weighted by Crippen LogP contribution is 2.27. The Labute approximate surface area is 138 Å². The van der Waals surface area contributed by atoms with Crippen molar-refractivity contribution in [3.05, 3.63) is 35.9 Å². The van der Waals surface area contributed by atoms with Crippen LogP contribution in [0.25, 0.3) is 0 Å². The van der Waals surface area contributed by atoms with Gasteiger partial charge in [-0.3, -0.25) is 4.90 Å². The highest BCUT2D eigenvalue weighted by Gasteiger charge is 2.34. The van der Waals surface area contributed by atoms with E-state index in [0.29, 0.717) is 18.8 Å². The lowest BCUT2D eigenvalue weighted by Gasteiger charge is -2.39. The molecule has 2 aliphatic rings. The quantitative estimate of drug-likeness (QED) is 0.855. The maximum absolute atomic E-state index is 12.2. The first kappa shape index (κ1) is 16.3. The second-order valence-electron chi connectivity index (χ2n) is 6.34. The Hall–Kier alpha value is -1.59. The van der Waals surface area contributed by atoms with Crippen molar-refractivity contribution >= 4 is 6.09 Å². The van der Waals surface area contributed by atoms with Gasteiger partial charge in [0.05, 0.1) is 6.10 Å². The van der Waals surface area contributed by atoms with Crippen molar-refractivity contribution in [2.24, 2.45) is 0 Å². The number of amides is 1. The molecule has 2 fully saturated rings. The Balaban J connectivity index is 1.44. The number of rotatable bonds is 4. The third kappa shape index (κ3) is 4.03. The molecule has 1 aromatic rings. The fraction of sp³-hybridized carbons (Fsp3) is 0.611. The number of carbonyl (C=O) groups is 1. The maximum atomic E-state index is 12.2. The Morgan fingerprint density at radius 1 is 1.13 bits per heavy atom. The molecule has 0 spiro atoms. The third-order valence-corrected chi connectivity index (χ3v) is 4.97. The minimum Gasteiger partial charge on any atom is -0.445 e. The summed E-state index contributed by atoms with van der Waals surface area (Å²) in [7, 11) is 1.81. The molecule has 0 aromatic heterocycles. The van der Waals surface area contributed by atoms with E-state index in [1.165, 1.54) is 12.8 Å². The summed E-state index contributed by atoms with van der Waals surface area (Å²) >= 11 is 0. The van der Waals surface area contributed by atoms with E-state index >= 15 is 0 Å². The molecule has 1 heterocycles. The van der Waals surface area contributed by atoms with Crippen molar-refractivity contribution in [2.75, 3.05) is 33.3 Å². The first-order chi connectivity index (χ1) is 11.3. The predicted octanol–water partition coefficient (Wildman–Crippen LogP) is 2.51. The number of benzene rings is 1. The number of hydrogen-bond acceptors (Lipinski definition) is 4. The van der Waals surface area contributed by atoms with Gasteiger partial charge in [-0.2, -0.15) is 0 Å². The molecule has 1 aliphatic heterocycles. The van der Waals surface area contributed by atoms with Crippen LogP contribution in [0, 0.1) is 0 Å². The number of piperazine rings is 1. The molecule has 0 radical (unpaired) electrons. The predicted molar refractivity (Wildman–Crippen MR) is 88.2 cm³/mol. The summed E-state index contributed by atoms with van der Waals surface area (Å²) in [6.45, 7) is 3.63. The van der Waals surface area contributed by atoms with Crippen LogP contribution in [0.15, 0.2) is 30.3 Å². The molecule has 1 aromatic carbocycles. The van der Waals surface area contributed by atoms with Gasteiger partial charge < -0.3 is 14.4 Å². The van der Waals surface area contributed by atoms with Crippen molar-refractivity contribution in [1.82, 2.24) is 9.80 Å². The molecule has 0 unspecified atom stereocenters. The molecular formula is C18H26N2O3. The van der Waals surface area contributed by atoms with E-state index in [9.17, 15) is 4.79 Å². The minimum atomic E-state index is -0.205. The molecule has 1 aliphatic carbocycles. The maximum Gasteiger partial charge on any atom is 0.410 e. The summed E-state index contributed by atoms with van der Waals surface area (Å²) in [6, 6.07) is 10.3. The van der Waals surface area contributed by atoms with Gasteiger partial charge in [-0.05, 0) is 24.8 Å². The molecule has 1 saturated heterocycles. The molecule has 5 nitrogen and oxygen atoms in total. The van der Waals surface area contributed by atoms with Gasteiger partial charge in [0.25, 0.3) is 0 Å². The SMILES string of the molecule is CO[C@@H]1CCC[C@H]1N1CCN(C(=O)OCc2ccccc2)CC1. The van der Waals surface area contributed by atoms with Crippen LogP contribution in [0.2, 0.25) is 0 Å². The average Bonchev–Trinajstić information content (AvgIpc) is 3.09. The second kappa shape index (κ2) is 7.79. The minimum absolute atomic E-state index is 0.205. The van der Waals surface area contributed by atoms with Crippen LogP contribution in [0.5, 0.6) is 0 Å². The van der Waals surface area contributed by atoms with E-state index in [2.05, 4.69) is 4.90 Å². The van der Waals surface area contributed by atoms with Crippen molar-refractivity contribution < 1.29 is 14.3 Å². The Morgan fingerprint density at radius 2 is 1.87 bits per heavy atom. The number of ether oxygens (including phenoxy) is 2. The first-order valence-electron chi connectivity index (χ1n) is 8.50. The van der Waals surface area contributed by atoms with E-state index in [0.717, 1.165) is 38.2 Å². The van der Waals surface area contributed by atoms with Gasteiger partial charge in [0.15, 0.2) is 0 Å². The Kier molecular flexibility index (Phi) is 5.51. The summed E-state index contributed by atoms with van der Waals surface area (Å²) < 4.78 is 11.0. The van der Waals surface area contributed by atoms with E-state index in [4.69, 9.17) is 9.47 Å². The zero-order valence-electron chi connectivity index (χ0n) is 13.8. The van der Waals surface area contributed by atoms with Crippen molar-refractivity contribution in [2.45, 2.75) is 38.0 Å². The molecule has 0 N–H and O–H groups in total. The van der Waals surface area contributed by atoms with Crippen LogP contribution < -0.4 is 0 Å². The van der Waals surface area contributed by atoms with Crippen molar-refractivity contribution in [3.63, 3.8) is 0 Å². The van der Waals surface area contributed by atoms with Crippen molar-refractivity contribution in [1.29, 1.82) is 0 Å². The summed E-state index contributed by atoms with van der Waals surface area (Å²) in [5.41, 5.74) is 1.02. The lowest BCUT2D eigenvalue weighted by Crippen LogP contribution is -2.53. The molecule has 0 bridgehead atoms. The second-order valence-corrected chi connectivity index (χ2v) is 6.34. The van der Waals surface area contributed by atoms with Crippen LogP contribution in [0.3, 0.4) is 0 Å². The molecule has 3 rings (SSSR count). The largest absolute Gasteiger partial charge is 0.445 e. The Bertz CT molecular complexity index is 500. The summed E-state index contributed by atoms with van der Waals surface area (Å²) in [5.74, 6) is 0. The van der Waals surface area contributed by atoms with Crippen molar-refractivity contribution in [3.8, 4) is 0 Å². The van der Waals surface area contributed by atoms with Crippen LogP contribution in [0.4, 0.5) is 4.79 Å². The van der Waals surface area contributed by atoms with E-state index in [-0.39, 0.29) is 6.09 Å².